The molecule has 1 saturated heterocycles. The summed E-state index contributed by atoms with van der Waals surface area (Å²) in [5.41, 5.74) is 0.487. The number of esters is 1. The fourth-order valence-corrected chi connectivity index (χ4v) is 2.75. The summed E-state index contributed by atoms with van der Waals surface area (Å²) in [5, 5.41) is 0. The molecule has 0 aromatic heterocycles. The Morgan fingerprint density at radius 3 is 2.22 bits per heavy atom. The zero-order valence-electron chi connectivity index (χ0n) is 15.7. The first-order valence-electron chi connectivity index (χ1n) is 9.45. The van der Waals surface area contributed by atoms with Gasteiger partial charge in [0.15, 0.2) is 0 Å². The molecule has 1 heterocycles. The van der Waals surface area contributed by atoms with Gasteiger partial charge >= 0.3 is 5.97 Å². The Kier molecular flexibility index (Phi) is 7.11. The Balaban J connectivity index is 1.36. The molecule has 0 aliphatic carbocycles. The lowest BCUT2D eigenvalue weighted by molar-refractivity contribution is 0.0734. The average molecular weight is 370 g/mol. The monoisotopic (exact) mass is 370 g/mol. The van der Waals surface area contributed by atoms with E-state index in [0.717, 1.165) is 18.8 Å². The molecular formula is C22H26O5. The molecule has 27 heavy (non-hydrogen) atoms. The van der Waals surface area contributed by atoms with Crippen LogP contribution in [0.3, 0.4) is 0 Å². The second kappa shape index (κ2) is 9.97. The Bertz CT molecular complexity index is 704. The van der Waals surface area contributed by atoms with Gasteiger partial charge in [0.2, 0.25) is 0 Å². The van der Waals surface area contributed by atoms with Crippen LogP contribution in [0.15, 0.2) is 48.5 Å². The SMILES string of the molecule is COc1ccc(OC(=O)c2ccc(OCCCCCCC3CO3)cc2)cc1. The van der Waals surface area contributed by atoms with Crippen molar-refractivity contribution in [3.05, 3.63) is 54.1 Å². The molecule has 2 aromatic rings. The molecule has 1 fully saturated rings. The smallest absolute Gasteiger partial charge is 0.343 e. The number of hydrogen-bond donors (Lipinski definition) is 0. The van der Waals surface area contributed by atoms with E-state index < -0.39 is 5.97 Å². The number of hydrogen-bond acceptors (Lipinski definition) is 5. The van der Waals surface area contributed by atoms with Gasteiger partial charge in [0, 0.05) is 0 Å². The minimum absolute atomic E-state index is 0.397. The van der Waals surface area contributed by atoms with Crippen molar-refractivity contribution in [3.63, 3.8) is 0 Å². The van der Waals surface area contributed by atoms with Gasteiger partial charge in [0.1, 0.15) is 17.2 Å². The fourth-order valence-electron chi connectivity index (χ4n) is 2.75. The molecule has 3 rings (SSSR count). The molecule has 1 atom stereocenters. The molecule has 144 valence electrons. The number of carbonyl (C=O) groups excluding carboxylic acids is 1. The summed E-state index contributed by atoms with van der Waals surface area (Å²) in [7, 11) is 1.59. The van der Waals surface area contributed by atoms with Crippen molar-refractivity contribution in [2.45, 2.75) is 38.2 Å². The molecule has 5 nitrogen and oxygen atoms in total. The van der Waals surface area contributed by atoms with Gasteiger partial charge in [-0.2, -0.15) is 0 Å². The summed E-state index contributed by atoms with van der Waals surface area (Å²) in [4.78, 5) is 12.2. The van der Waals surface area contributed by atoms with Gasteiger partial charge in [-0.25, -0.2) is 4.79 Å². The van der Waals surface area contributed by atoms with Crippen molar-refractivity contribution in [2.75, 3.05) is 20.3 Å². The van der Waals surface area contributed by atoms with Crippen LogP contribution < -0.4 is 14.2 Å². The number of carbonyl (C=O) groups is 1. The maximum Gasteiger partial charge on any atom is 0.343 e. The van der Waals surface area contributed by atoms with E-state index in [9.17, 15) is 4.79 Å². The van der Waals surface area contributed by atoms with E-state index in [1.54, 1.807) is 55.6 Å². The fraction of sp³-hybridized carbons (Fsp3) is 0.409. The van der Waals surface area contributed by atoms with Crippen LogP contribution in [0.1, 0.15) is 42.5 Å². The van der Waals surface area contributed by atoms with E-state index in [-0.39, 0.29) is 0 Å². The Hall–Kier alpha value is -2.53. The van der Waals surface area contributed by atoms with E-state index in [1.807, 2.05) is 0 Å². The lowest BCUT2D eigenvalue weighted by Gasteiger charge is -2.08. The number of unbranched alkanes of at least 4 members (excludes halogenated alkanes) is 3. The standard InChI is InChI=1S/C22H26O5/c1-24-18-11-13-20(14-12-18)27-22(23)17-7-9-19(10-8-17)25-15-5-3-2-4-6-21-16-26-21/h7-14,21H,2-6,15-16H2,1H3. The van der Waals surface area contributed by atoms with Gasteiger partial charge in [-0.3, -0.25) is 0 Å². The molecule has 0 amide bonds. The zero-order chi connectivity index (χ0) is 18.9. The van der Waals surface area contributed by atoms with Gasteiger partial charge in [-0.1, -0.05) is 19.3 Å². The molecule has 1 unspecified atom stereocenters. The van der Waals surface area contributed by atoms with E-state index in [2.05, 4.69) is 0 Å². The maximum atomic E-state index is 12.2. The third-order valence-electron chi connectivity index (χ3n) is 4.45. The van der Waals surface area contributed by atoms with Crippen molar-refractivity contribution in [2.24, 2.45) is 0 Å². The van der Waals surface area contributed by atoms with Crippen molar-refractivity contribution in [1.29, 1.82) is 0 Å². The second-order valence-electron chi connectivity index (χ2n) is 6.60. The van der Waals surface area contributed by atoms with Crippen LogP contribution in [0, 0.1) is 0 Å². The highest BCUT2D eigenvalue weighted by Crippen LogP contribution is 2.20. The quantitative estimate of drug-likeness (QED) is 0.250. The topological polar surface area (TPSA) is 57.3 Å². The van der Waals surface area contributed by atoms with Gasteiger partial charge in [0.25, 0.3) is 0 Å². The van der Waals surface area contributed by atoms with Gasteiger partial charge in [-0.05, 0) is 61.4 Å². The van der Waals surface area contributed by atoms with Crippen molar-refractivity contribution < 1.29 is 23.7 Å². The second-order valence-corrected chi connectivity index (χ2v) is 6.60. The first-order chi connectivity index (χ1) is 13.2. The van der Waals surface area contributed by atoms with Crippen LogP contribution in [0.2, 0.25) is 0 Å². The molecule has 0 N–H and O–H groups in total. The van der Waals surface area contributed by atoms with Crippen LogP contribution in [0.5, 0.6) is 17.2 Å². The minimum atomic E-state index is -0.397. The van der Waals surface area contributed by atoms with Crippen molar-refractivity contribution in [3.8, 4) is 17.2 Å². The van der Waals surface area contributed by atoms with Gasteiger partial charge < -0.3 is 18.9 Å². The van der Waals surface area contributed by atoms with Crippen molar-refractivity contribution in [1.82, 2.24) is 0 Å². The van der Waals surface area contributed by atoms with Gasteiger partial charge in [-0.15, -0.1) is 0 Å². The number of epoxide rings is 1. The molecular weight excluding hydrogens is 344 g/mol. The number of ether oxygens (including phenoxy) is 4. The molecule has 0 radical (unpaired) electrons. The predicted octanol–water partition coefficient (Wildman–Crippen LogP) is 4.64. The van der Waals surface area contributed by atoms with Crippen molar-refractivity contribution >= 4 is 5.97 Å². The highest BCUT2D eigenvalue weighted by atomic mass is 16.6. The Morgan fingerprint density at radius 1 is 0.926 bits per heavy atom. The number of rotatable bonds is 11. The first-order valence-corrected chi connectivity index (χ1v) is 9.45. The maximum absolute atomic E-state index is 12.2. The largest absolute Gasteiger partial charge is 0.497 e. The highest BCUT2D eigenvalue weighted by Gasteiger charge is 2.20. The number of methoxy groups -OCH3 is 1. The third kappa shape index (κ3) is 6.61. The van der Waals surface area contributed by atoms with Crippen LogP contribution in [-0.2, 0) is 4.74 Å². The normalized spacial score (nSPS) is 15.2. The van der Waals surface area contributed by atoms with Gasteiger partial charge in [0.05, 0.1) is 32.0 Å². The van der Waals surface area contributed by atoms with E-state index in [1.165, 1.54) is 25.7 Å². The highest BCUT2D eigenvalue weighted by molar-refractivity contribution is 5.91. The van der Waals surface area contributed by atoms with Crippen LogP contribution >= 0.6 is 0 Å². The van der Waals surface area contributed by atoms with E-state index in [0.29, 0.717) is 29.8 Å². The molecule has 2 aromatic carbocycles. The Labute approximate surface area is 160 Å². The lowest BCUT2D eigenvalue weighted by Crippen LogP contribution is -2.08. The third-order valence-corrected chi connectivity index (χ3v) is 4.45. The van der Waals surface area contributed by atoms with E-state index >= 15 is 0 Å². The van der Waals surface area contributed by atoms with Crippen LogP contribution in [0.4, 0.5) is 0 Å². The summed E-state index contributed by atoms with van der Waals surface area (Å²) in [6.45, 7) is 1.64. The lowest BCUT2D eigenvalue weighted by atomic mass is 10.1. The molecule has 0 bridgehead atoms. The van der Waals surface area contributed by atoms with Crippen LogP contribution in [0.25, 0.3) is 0 Å². The minimum Gasteiger partial charge on any atom is -0.497 e. The first kappa shape index (κ1) is 19.2. The summed E-state index contributed by atoms with van der Waals surface area (Å²) in [5.74, 6) is 1.57. The molecule has 5 heteroatoms. The van der Waals surface area contributed by atoms with E-state index in [4.69, 9.17) is 18.9 Å². The zero-order valence-corrected chi connectivity index (χ0v) is 15.7. The summed E-state index contributed by atoms with van der Waals surface area (Å²) >= 11 is 0. The average Bonchev–Trinajstić information content (AvgIpc) is 3.52. The molecule has 0 spiro atoms. The molecule has 1 aliphatic heterocycles. The number of benzene rings is 2. The molecule has 1 aliphatic rings. The summed E-state index contributed by atoms with van der Waals surface area (Å²) in [6.07, 6.45) is 6.38. The predicted molar refractivity (Wildman–Crippen MR) is 103 cm³/mol. The molecule has 0 saturated carbocycles. The summed E-state index contributed by atoms with van der Waals surface area (Å²) < 4.78 is 21.4. The summed E-state index contributed by atoms with van der Waals surface area (Å²) in [6, 6.07) is 13.9. The van der Waals surface area contributed by atoms with Crippen LogP contribution in [-0.4, -0.2) is 32.4 Å². The Morgan fingerprint density at radius 2 is 1.56 bits per heavy atom.